The average Bonchev–Trinajstić information content (AvgIpc) is 2.47. The van der Waals surface area contributed by atoms with Crippen LogP contribution >= 0.6 is 0 Å². The Kier molecular flexibility index (Phi) is 6.45. The highest BCUT2D eigenvalue weighted by Crippen LogP contribution is 2.44. The number of hydrogen-bond donors (Lipinski definition) is 4. The van der Waals surface area contributed by atoms with E-state index in [2.05, 4.69) is 0 Å². The molecule has 1 aliphatic rings. The molecule has 0 aromatic heterocycles. The van der Waals surface area contributed by atoms with Crippen molar-refractivity contribution >= 4 is 0 Å². The van der Waals surface area contributed by atoms with Crippen molar-refractivity contribution in [3.8, 4) is 0 Å². The lowest BCUT2D eigenvalue weighted by Gasteiger charge is -2.43. The summed E-state index contributed by atoms with van der Waals surface area (Å²) in [6, 6.07) is 0. The number of hydrogen-bond acceptors (Lipinski definition) is 4. The molecule has 0 bridgehead atoms. The third-order valence-corrected chi connectivity index (χ3v) is 5.26. The fourth-order valence-electron chi connectivity index (χ4n) is 3.56. The first-order valence-corrected chi connectivity index (χ1v) is 7.81. The Labute approximate surface area is 122 Å². The fourth-order valence-corrected chi connectivity index (χ4v) is 3.56. The summed E-state index contributed by atoms with van der Waals surface area (Å²) in [5.41, 5.74) is -0.643. The summed E-state index contributed by atoms with van der Waals surface area (Å²) in [6.45, 7) is 6.05. The van der Waals surface area contributed by atoms with E-state index < -0.39 is 11.5 Å². The first-order chi connectivity index (χ1) is 9.30. The summed E-state index contributed by atoms with van der Waals surface area (Å²) in [5, 5.41) is 38.8. The van der Waals surface area contributed by atoms with Gasteiger partial charge in [-0.2, -0.15) is 0 Å². The van der Waals surface area contributed by atoms with Gasteiger partial charge in [-0.05, 0) is 49.4 Å². The molecule has 1 saturated carbocycles. The Hall–Kier alpha value is -0.160. The van der Waals surface area contributed by atoms with Crippen LogP contribution in [-0.4, -0.2) is 46.4 Å². The van der Waals surface area contributed by atoms with E-state index in [1.807, 2.05) is 20.8 Å². The topological polar surface area (TPSA) is 80.9 Å². The minimum absolute atomic E-state index is 0.0370. The molecule has 0 aromatic rings. The van der Waals surface area contributed by atoms with Gasteiger partial charge in [0.2, 0.25) is 0 Å². The van der Waals surface area contributed by atoms with Gasteiger partial charge in [-0.3, -0.25) is 0 Å². The Morgan fingerprint density at radius 3 is 2.10 bits per heavy atom. The molecule has 0 radical (unpaired) electrons. The second-order valence-corrected chi connectivity index (χ2v) is 7.56. The Morgan fingerprint density at radius 1 is 1.15 bits per heavy atom. The van der Waals surface area contributed by atoms with Crippen LogP contribution in [0.2, 0.25) is 0 Å². The molecule has 2 unspecified atom stereocenters. The van der Waals surface area contributed by atoms with Gasteiger partial charge in [-0.1, -0.05) is 20.8 Å². The van der Waals surface area contributed by atoms with Crippen LogP contribution in [0.15, 0.2) is 0 Å². The molecule has 2 atom stereocenters. The van der Waals surface area contributed by atoms with Crippen LogP contribution in [0.3, 0.4) is 0 Å². The molecule has 0 saturated heterocycles. The van der Waals surface area contributed by atoms with Gasteiger partial charge in [0.05, 0.1) is 12.7 Å². The summed E-state index contributed by atoms with van der Waals surface area (Å²) in [7, 11) is 0. The number of aliphatic hydroxyl groups is 4. The fraction of sp³-hybridized carbons (Fsp3) is 1.00. The number of aliphatic hydroxyl groups excluding tert-OH is 4. The summed E-state index contributed by atoms with van der Waals surface area (Å²) < 4.78 is 0. The second-order valence-electron chi connectivity index (χ2n) is 7.56. The van der Waals surface area contributed by atoms with Crippen molar-refractivity contribution in [1.29, 1.82) is 0 Å². The predicted molar refractivity (Wildman–Crippen MR) is 79.2 cm³/mol. The van der Waals surface area contributed by atoms with E-state index in [-0.39, 0.29) is 31.2 Å². The van der Waals surface area contributed by atoms with Crippen LogP contribution in [0.25, 0.3) is 0 Å². The lowest BCUT2D eigenvalue weighted by atomic mass is 9.65. The molecular weight excluding hydrogens is 256 g/mol. The normalized spacial score (nSPS) is 31.1. The molecule has 0 aromatic carbocycles. The Morgan fingerprint density at radius 2 is 1.70 bits per heavy atom. The Bertz CT molecular complexity index is 282. The van der Waals surface area contributed by atoms with Crippen molar-refractivity contribution in [3.05, 3.63) is 0 Å². The van der Waals surface area contributed by atoms with Crippen molar-refractivity contribution in [2.75, 3.05) is 19.8 Å². The van der Waals surface area contributed by atoms with E-state index >= 15 is 0 Å². The van der Waals surface area contributed by atoms with E-state index in [9.17, 15) is 20.4 Å². The van der Waals surface area contributed by atoms with Crippen molar-refractivity contribution < 1.29 is 20.4 Å². The largest absolute Gasteiger partial charge is 0.396 e. The van der Waals surface area contributed by atoms with Gasteiger partial charge in [0.25, 0.3) is 0 Å². The van der Waals surface area contributed by atoms with Crippen molar-refractivity contribution in [2.45, 2.75) is 59.0 Å². The summed E-state index contributed by atoms with van der Waals surface area (Å²) in [4.78, 5) is 0. The lowest BCUT2D eigenvalue weighted by Crippen LogP contribution is -2.42. The number of rotatable bonds is 7. The van der Waals surface area contributed by atoms with Crippen molar-refractivity contribution in [3.63, 3.8) is 0 Å². The Balaban J connectivity index is 2.64. The third kappa shape index (κ3) is 4.17. The molecule has 1 aliphatic carbocycles. The van der Waals surface area contributed by atoms with Crippen molar-refractivity contribution in [2.24, 2.45) is 22.7 Å². The lowest BCUT2D eigenvalue weighted by molar-refractivity contribution is -0.0524. The van der Waals surface area contributed by atoms with E-state index in [0.29, 0.717) is 5.92 Å². The molecule has 20 heavy (non-hydrogen) atoms. The summed E-state index contributed by atoms with van der Waals surface area (Å²) >= 11 is 0. The van der Waals surface area contributed by atoms with Gasteiger partial charge in [0.1, 0.15) is 0 Å². The third-order valence-electron chi connectivity index (χ3n) is 5.26. The molecule has 1 fully saturated rings. The standard InChI is InChI=1S/C16H32O4/c1-12(14(20)15(2,3)10-18)8-16(11-19)6-4-13(9-17)5-7-16/h12-14,17-20H,4-11H2,1-3H3. The van der Waals surface area contributed by atoms with E-state index in [1.165, 1.54) is 0 Å². The maximum Gasteiger partial charge on any atom is 0.0638 e. The molecule has 1 rings (SSSR count). The van der Waals surface area contributed by atoms with E-state index in [0.717, 1.165) is 32.1 Å². The zero-order chi connectivity index (χ0) is 15.4. The van der Waals surface area contributed by atoms with Crippen LogP contribution in [0.5, 0.6) is 0 Å². The summed E-state index contributed by atoms with van der Waals surface area (Å²) in [5.74, 6) is 0.402. The zero-order valence-electron chi connectivity index (χ0n) is 13.2. The maximum absolute atomic E-state index is 10.4. The highest BCUT2D eigenvalue weighted by Gasteiger charge is 2.40. The van der Waals surface area contributed by atoms with Gasteiger partial charge in [-0.15, -0.1) is 0 Å². The molecule has 4 N–H and O–H groups in total. The smallest absolute Gasteiger partial charge is 0.0638 e. The first kappa shape index (κ1) is 17.9. The molecule has 4 nitrogen and oxygen atoms in total. The van der Waals surface area contributed by atoms with Gasteiger partial charge in [0.15, 0.2) is 0 Å². The van der Waals surface area contributed by atoms with Gasteiger partial charge < -0.3 is 20.4 Å². The average molecular weight is 288 g/mol. The predicted octanol–water partition coefficient (Wildman–Crippen LogP) is 1.55. The quantitative estimate of drug-likeness (QED) is 0.573. The molecule has 120 valence electrons. The first-order valence-electron chi connectivity index (χ1n) is 7.81. The highest BCUT2D eigenvalue weighted by molar-refractivity contribution is 4.90. The van der Waals surface area contributed by atoms with Gasteiger partial charge in [0, 0.05) is 18.6 Å². The minimum atomic E-state index is -0.577. The molecule has 0 aliphatic heterocycles. The van der Waals surface area contributed by atoms with Gasteiger partial charge >= 0.3 is 0 Å². The van der Waals surface area contributed by atoms with Crippen LogP contribution in [-0.2, 0) is 0 Å². The summed E-state index contributed by atoms with van der Waals surface area (Å²) in [6.07, 6.45) is 3.90. The monoisotopic (exact) mass is 288 g/mol. The van der Waals surface area contributed by atoms with Crippen LogP contribution in [0.4, 0.5) is 0 Å². The van der Waals surface area contributed by atoms with E-state index in [4.69, 9.17) is 0 Å². The molecule has 0 heterocycles. The van der Waals surface area contributed by atoms with Gasteiger partial charge in [-0.25, -0.2) is 0 Å². The van der Waals surface area contributed by atoms with Crippen LogP contribution in [0.1, 0.15) is 52.9 Å². The SMILES string of the molecule is CC(CC1(CO)CCC(CO)CC1)C(O)C(C)(C)CO. The van der Waals surface area contributed by atoms with E-state index in [1.54, 1.807) is 0 Å². The van der Waals surface area contributed by atoms with Crippen LogP contribution < -0.4 is 0 Å². The van der Waals surface area contributed by atoms with Crippen LogP contribution in [0, 0.1) is 22.7 Å². The second kappa shape index (κ2) is 7.21. The highest BCUT2D eigenvalue weighted by atomic mass is 16.3. The minimum Gasteiger partial charge on any atom is -0.396 e. The zero-order valence-corrected chi connectivity index (χ0v) is 13.2. The molecule has 0 spiro atoms. The molecular formula is C16H32O4. The molecule has 4 heteroatoms. The molecule has 0 amide bonds. The maximum atomic E-state index is 10.4. The van der Waals surface area contributed by atoms with Crippen molar-refractivity contribution in [1.82, 2.24) is 0 Å².